The van der Waals surface area contributed by atoms with E-state index in [1.807, 2.05) is 25.1 Å². The fraction of sp³-hybridized carbons (Fsp3) is 0.533. The van der Waals surface area contributed by atoms with Crippen LogP contribution in [0, 0.1) is 0 Å². The molecule has 0 heterocycles. The van der Waals surface area contributed by atoms with Crippen molar-refractivity contribution >= 4 is 17.5 Å². The first kappa shape index (κ1) is 16.8. The van der Waals surface area contributed by atoms with Gasteiger partial charge in [0.25, 0.3) is 5.91 Å². The topological polar surface area (TPSA) is 50.4 Å². The van der Waals surface area contributed by atoms with Crippen LogP contribution in [0.25, 0.3) is 0 Å². The Kier molecular flexibility index (Phi) is 7.41. The number of hydrogen-bond acceptors (Lipinski definition) is 3. The van der Waals surface area contributed by atoms with Crippen molar-refractivity contribution in [1.82, 2.24) is 10.6 Å². The largest absolute Gasteiger partial charge is 0.481 e. The van der Waals surface area contributed by atoms with Crippen molar-refractivity contribution < 1.29 is 9.53 Å². The molecule has 0 radical (unpaired) electrons. The molecular formula is C15H23ClN2O2. The first-order chi connectivity index (χ1) is 9.60. The van der Waals surface area contributed by atoms with E-state index in [2.05, 4.69) is 17.6 Å². The molecule has 0 fully saturated rings. The van der Waals surface area contributed by atoms with E-state index in [-0.39, 0.29) is 5.91 Å². The summed E-state index contributed by atoms with van der Waals surface area (Å²) in [6, 6.07) is 5.49. The minimum atomic E-state index is -0.543. The van der Waals surface area contributed by atoms with Crippen LogP contribution in [0.2, 0.25) is 5.02 Å². The van der Waals surface area contributed by atoms with Gasteiger partial charge in [0.2, 0.25) is 0 Å². The molecule has 1 atom stereocenters. The molecule has 1 amide bonds. The number of nitrogens with one attached hydrogen (secondary N) is 2. The Hall–Kier alpha value is -1.26. The van der Waals surface area contributed by atoms with Gasteiger partial charge in [0.15, 0.2) is 6.10 Å². The Balaban J connectivity index is 2.77. The molecule has 2 N–H and O–H groups in total. The lowest BCUT2D eigenvalue weighted by atomic mass is 10.2. The zero-order valence-electron chi connectivity index (χ0n) is 12.3. The van der Waals surface area contributed by atoms with Gasteiger partial charge >= 0.3 is 0 Å². The van der Waals surface area contributed by atoms with E-state index < -0.39 is 6.10 Å². The maximum Gasteiger partial charge on any atom is 0.260 e. The van der Waals surface area contributed by atoms with Crippen molar-refractivity contribution in [3.8, 4) is 5.75 Å². The summed E-state index contributed by atoms with van der Waals surface area (Å²) in [6.45, 7) is 7.85. The monoisotopic (exact) mass is 298 g/mol. The lowest BCUT2D eigenvalue weighted by molar-refractivity contribution is -0.127. The van der Waals surface area contributed by atoms with E-state index in [1.165, 1.54) is 0 Å². The summed E-state index contributed by atoms with van der Waals surface area (Å²) in [5, 5.41) is 6.68. The molecule has 0 aliphatic carbocycles. The minimum Gasteiger partial charge on any atom is -0.481 e. The van der Waals surface area contributed by atoms with Crippen molar-refractivity contribution in [3.05, 3.63) is 28.8 Å². The number of likely N-dealkylation sites (N-methyl/N-ethyl adjacent to an activating group) is 1. The molecule has 0 aliphatic heterocycles. The van der Waals surface area contributed by atoms with Gasteiger partial charge in [-0.2, -0.15) is 0 Å². The minimum absolute atomic E-state index is 0.125. The average Bonchev–Trinajstić information content (AvgIpc) is 2.42. The molecule has 5 heteroatoms. The van der Waals surface area contributed by atoms with Gasteiger partial charge in [-0.15, -0.1) is 0 Å². The maximum atomic E-state index is 11.7. The van der Waals surface area contributed by atoms with Crippen molar-refractivity contribution in [1.29, 1.82) is 0 Å². The van der Waals surface area contributed by atoms with Crippen LogP contribution in [0.5, 0.6) is 5.75 Å². The van der Waals surface area contributed by atoms with Crippen molar-refractivity contribution in [2.24, 2.45) is 0 Å². The van der Waals surface area contributed by atoms with E-state index in [9.17, 15) is 4.79 Å². The van der Waals surface area contributed by atoms with Gasteiger partial charge in [-0.25, -0.2) is 0 Å². The van der Waals surface area contributed by atoms with Crippen LogP contribution in [0.15, 0.2) is 18.2 Å². The smallest absolute Gasteiger partial charge is 0.260 e. The lowest BCUT2D eigenvalue weighted by Gasteiger charge is -2.18. The number of benzene rings is 1. The highest BCUT2D eigenvalue weighted by Crippen LogP contribution is 2.27. The number of hydrogen-bond donors (Lipinski definition) is 2. The van der Waals surface area contributed by atoms with Crippen LogP contribution < -0.4 is 15.4 Å². The quantitative estimate of drug-likeness (QED) is 0.726. The van der Waals surface area contributed by atoms with Crippen LogP contribution in [-0.2, 0) is 11.3 Å². The summed E-state index contributed by atoms with van der Waals surface area (Å²) < 4.78 is 5.73. The molecule has 0 saturated heterocycles. The Morgan fingerprint density at radius 3 is 2.80 bits per heavy atom. The van der Waals surface area contributed by atoms with Crippen LogP contribution in [-0.4, -0.2) is 25.1 Å². The van der Waals surface area contributed by atoms with Crippen molar-refractivity contribution in [3.63, 3.8) is 0 Å². The van der Waals surface area contributed by atoms with Crippen LogP contribution in [0.4, 0.5) is 0 Å². The number of rotatable bonds is 8. The summed E-state index contributed by atoms with van der Waals surface area (Å²) in [4.78, 5) is 11.7. The van der Waals surface area contributed by atoms with Gasteiger partial charge < -0.3 is 15.4 Å². The molecule has 20 heavy (non-hydrogen) atoms. The van der Waals surface area contributed by atoms with E-state index in [0.717, 1.165) is 18.5 Å². The first-order valence-corrected chi connectivity index (χ1v) is 7.40. The first-order valence-electron chi connectivity index (χ1n) is 7.02. The van der Waals surface area contributed by atoms with Gasteiger partial charge in [0, 0.05) is 23.7 Å². The zero-order valence-corrected chi connectivity index (χ0v) is 13.1. The Bertz CT molecular complexity index is 438. The summed E-state index contributed by atoms with van der Waals surface area (Å²) >= 11 is 6.21. The van der Waals surface area contributed by atoms with E-state index in [0.29, 0.717) is 23.9 Å². The summed E-state index contributed by atoms with van der Waals surface area (Å²) in [7, 11) is 0. The highest BCUT2D eigenvalue weighted by atomic mass is 35.5. The number of amides is 1. The predicted molar refractivity (Wildman–Crippen MR) is 82.2 cm³/mol. The number of ether oxygens (including phenoxy) is 1. The molecule has 0 aromatic heterocycles. The van der Waals surface area contributed by atoms with Gasteiger partial charge in [-0.3, -0.25) is 4.79 Å². The summed E-state index contributed by atoms with van der Waals surface area (Å²) in [5.41, 5.74) is 0.888. The Morgan fingerprint density at radius 1 is 1.40 bits per heavy atom. The molecule has 0 saturated carbocycles. The molecule has 1 aromatic carbocycles. The highest BCUT2D eigenvalue weighted by molar-refractivity contribution is 6.31. The van der Waals surface area contributed by atoms with Crippen molar-refractivity contribution in [2.75, 3.05) is 13.1 Å². The second-order valence-corrected chi connectivity index (χ2v) is 4.96. The average molecular weight is 299 g/mol. The fourth-order valence-corrected chi connectivity index (χ4v) is 2.01. The Labute approximate surface area is 125 Å². The van der Waals surface area contributed by atoms with Crippen LogP contribution in [0.1, 0.15) is 32.8 Å². The molecule has 0 bridgehead atoms. The van der Waals surface area contributed by atoms with Gasteiger partial charge in [0.05, 0.1) is 0 Å². The molecule has 1 aromatic rings. The Morgan fingerprint density at radius 2 is 2.15 bits per heavy atom. The third kappa shape index (κ3) is 5.02. The number of carbonyl (C=O) groups is 1. The molecule has 112 valence electrons. The standard InChI is InChI=1S/C15H23ClN2O2/c1-4-9-17-10-12-13(16)7-6-8-14(12)20-11(3)15(19)18-5-2/h6-8,11,17H,4-5,9-10H2,1-3H3,(H,18,19). The number of halogens is 1. The molecular weight excluding hydrogens is 276 g/mol. The van der Waals surface area contributed by atoms with Crippen LogP contribution in [0.3, 0.4) is 0 Å². The SMILES string of the molecule is CCCNCc1c(Cl)cccc1OC(C)C(=O)NCC. The second kappa shape index (κ2) is 8.82. The van der Waals surface area contributed by atoms with Crippen LogP contribution >= 0.6 is 11.6 Å². The molecule has 1 unspecified atom stereocenters. The molecule has 1 rings (SSSR count). The van der Waals surface area contributed by atoms with E-state index in [4.69, 9.17) is 16.3 Å². The van der Waals surface area contributed by atoms with E-state index >= 15 is 0 Å². The van der Waals surface area contributed by atoms with Gasteiger partial charge in [0.1, 0.15) is 5.75 Å². The third-order valence-electron chi connectivity index (χ3n) is 2.83. The van der Waals surface area contributed by atoms with Crippen molar-refractivity contribution in [2.45, 2.75) is 39.8 Å². The fourth-order valence-electron chi connectivity index (χ4n) is 1.77. The molecule has 0 aliphatic rings. The molecule has 4 nitrogen and oxygen atoms in total. The lowest BCUT2D eigenvalue weighted by Crippen LogP contribution is -2.36. The summed E-state index contributed by atoms with van der Waals surface area (Å²) in [5.74, 6) is 0.528. The summed E-state index contributed by atoms with van der Waals surface area (Å²) in [6.07, 6.45) is 0.508. The normalized spacial score (nSPS) is 12.0. The maximum absolute atomic E-state index is 11.7. The highest BCUT2D eigenvalue weighted by Gasteiger charge is 2.16. The van der Waals surface area contributed by atoms with E-state index in [1.54, 1.807) is 6.92 Å². The third-order valence-corrected chi connectivity index (χ3v) is 3.18. The predicted octanol–water partition coefficient (Wildman–Crippen LogP) is 2.74. The second-order valence-electron chi connectivity index (χ2n) is 4.55. The molecule has 0 spiro atoms. The number of carbonyl (C=O) groups excluding carboxylic acids is 1. The zero-order chi connectivity index (χ0) is 15.0. The van der Waals surface area contributed by atoms with Gasteiger partial charge in [-0.05, 0) is 38.9 Å². The van der Waals surface area contributed by atoms with Gasteiger partial charge in [-0.1, -0.05) is 24.6 Å².